The van der Waals surface area contributed by atoms with E-state index in [9.17, 15) is 4.79 Å². The first-order valence-electron chi connectivity index (χ1n) is 7.04. The quantitative estimate of drug-likeness (QED) is 0.839. The summed E-state index contributed by atoms with van der Waals surface area (Å²) < 4.78 is 11.8. The van der Waals surface area contributed by atoms with E-state index in [1.807, 2.05) is 39.0 Å². The average Bonchev–Trinajstić information content (AvgIpc) is 2.29. The fraction of sp³-hybridized carbons (Fsp3) is 0.600. The minimum Gasteiger partial charge on any atom is -0.444 e. The molecule has 1 heterocycles. The lowest BCUT2D eigenvalue weighted by atomic mass is 9.89. The molecule has 1 aliphatic carbocycles. The number of pyridine rings is 1. The molecule has 1 saturated carbocycles. The highest BCUT2D eigenvalue weighted by molar-refractivity contribution is 9.10. The topological polar surface area (TPSA) is 60.5 Å². The first kappa shape index (κ1) is 16.2. The van der Waals surface area contributed by atoms with E-state index in [1.54, 1.807) is 0 Å². The van der Waals surface area contributed by atoms with Crippen LogP contribution in [0.25, 0.3) is 0 Å². The van der Waals surface area contributed by atoms with Gasteiger partial charge < -0.3 is 14.8 Å². The van der Waals surface area contributed by atoms with E-state index in [1.165, 1.54) is 0 Å². The van der Waals surface area contributed by atoms with Gasteiger partial charge in [-0.15, -0.1) is 0 Å². The Hall–Kier alpha value is -1.14. The summed E-state index contributed by atoms with van der Waals surface area (Å²) in [5.74, 6) is 0. The number of hydrogen-bond donors (Lipinski definition) is 1. The molecule has 21 heavy (non-hydrogen) atoms. The van der Waals surface area contributed by atoms with Gasteiger partial charge in [0.15, 0.2) is 0 Å². The van der Waals surface area contributed by atoms with Crippen LogP contribution in [0.1, 0.15) is 39.3 Å². The minimum atomic E-state index is -0.462. The van der Waals surface area contributed by atoms with Crippen LogP contribution in [0.15, 0.2) is 22.8 Å². The standard InChI is InChI=1S/C15H21BrN2O3/c1-15(2,3)21-14(19)18-11-7-12(8-11)20-9-10-5-4-6-13(16)17-10/h4-6,11-12H,7-9H2,1-3H3,(H,18,19). The van der Waals surface area contributed by atoms with Gasteiger partial charge in [-0.1, -0.05) is 6.07 Å². The fourth-order valence-corrected chi connectivity index (χ4v) is 2.41. The summed E-state index contributed by atoms with van der Waals surface area (Å²) in [5, 5.41) is 2.85. The molecule has 2 rings (SSSR count). The van der Waals surface area contributed by atoms with Crippen LogP contribution in [0.5, 0.6) is 0 Å². The second-order valence-corrected chi connectivity index (χ2v) is 7.01. The molecule has 0 unspecified atom stereocenters. The number of nitrogens with zero attached hydrogens (tertiary/aromatic N) is 1. The van der Waals surface area contributed by atoms with Crippen molar-refractivity contribution >= 4 is 22.0 Å². The van der Waals surface area contributed by atoms with Crippen molar-refractivity contribution in [3.8, 4) is 0 Å². The Kier molecular flexibility index (Phi) is 5.22. The highest BCUT2D eigenvalue weighted by atomic mass is 79.9. The summed E-state index contributed by atoms with van der Waals surface area (Å²) in [5.41, 5.74) is 0.434. The first-order valence-corrected chi connectivity index (χ1v) is 7.84. The molecule has 6 heteroatoms. The van der Waals surface area contributed by atoms with Crippen molar-refractivity contribution in [3.05, 3.63) is 28.5 Å². The lowest BCUT2D eigenvalue weighted by Crippen LogP contribution is -2.49. The highest BCUT2D eigenvalue weighted by Crippen LogP contribution is 2.25. The van der Waals surface area contributed by atoms with Crippen LogP contribution in [-0.4, -0.2) is 28.8 Å². The number of aromatic nitrogens is 1. The maximum atomic E-state index is 11.6. The Morgan fingerprint density at radius 1 is 1.43 bits per heavy atom. The molecule has 1 aliphatic rings. The van der Waals surface area contributed by atoms with Crippen LogP contribution in [0.3, 0.4) is 0 Å². The Morgan fingerprint density at radius 3 is 2.76 bits per heavy atom. The molecule has 0 radical (unpaired) electrons. The Labute approximate surface area is 133 Å². The Bertz CT molecular complexity index is 496. The molecule has 1 fully saturated rings. The van der Waals surface area contributed by atoms with Gasteiger partial charge in [0.1, 0.15) is 10.2 Å². The second kappa shape index (κ2) is 6.75. The summed E-state index contributed by atoms with van der Waals surface area (Å²) in [6.45, 7) is 6.04. The van der Waals surface area contributed by atoms with Gasteiger partial charge in [0, 0.05) is 6.04 Å². The van der Waals surface area contributed by atoms with E-state index in [0.717, 1.165) is 23.1 Å². The van der Waals surface area contributed by atoms with Crippen LogP contribution in [0.2, 0.25) is 0 Å². The number of nitrogens with one attached hydrogen (secondary N) is 1. The molecule has 5 nitrogen and oxygen atoms in total. The zero-order valence-corrected chi connectivity index (χ0v) is 14.1. The van der Waals surface area contributed by atoms with Crippen molar-refractivity contribution < 1.29 is 14.3 Å². The Balaban J connectivity index is 1.64. The molecule has 1 aromatic rings. The molecule has 1 aromatic heterocycles. The molecule has 116 valence electrons. The maximum absolute atomic E-state index is 11.6. The summed E-state index contributed by atoms with van der Waals surface area (Å²) in [6, 6.07) is 5.89. The lowest BCUT2D eigenvalue weighted by Gasteiger charge is -2.35. The van der Waals surface area contributed by atoms with Crippen LogP contribution in [-0.2, 0) is 16.1 Å². The molecule has 0 atom stereocenters. The second-order valence-electron chi connectivity index (χ2n) is 6.20. The third kappa shape index (κ3) is 5.63. The van der Waals surface area contributed by atoms with Crippen LogP contribution in [0.4, 0.5) is 4.79 Å². The molecule has 0 spiro atoms. The molecule has 0 bridgehead atoms. The molecular formula is C15H21BrN2O3. The summed E-state index contributed by atoms with van der Waals surface area (Å²) in [6.07, 6.45) is 1.44. The minimum absolute atomic E-state index is 0.139. The zero-order chi connectivity index (χ0) is 15.5. The summed E-state index contributed by atoms with van der Waals surface area (Å²) in [7, 11) is 0. The predicted molar refractivity (Wildman–Crippen MR) is 82.9 cm³/mol. The highest BCUT2D eigenvalue weighted by Gasteiger charge is 2.32. The van der Waals surface area contributed by atoms with Crippen LogP contribution >= 0.6 is 15.9 Å². The van der Waals surface area contributed by atoms with E-state index < -0.39 is 5.60 Å². The third-order valence-electron chi connectivity index (χ3n) is 3.06. The van der Waals surface area contributed by atoms with Crippen molar-refractivity contribution in [1.29, 1.82) is 0 Å². The summed E-state index contributed by atoms with van der Waals surface area (Å²) >= 11 is 3.33. The smallest absolute Gasteiger partial charge is 0.407 e. The number of carbonyl (C=O) groups excluding carboxylic acids is 1. The van der Waals surface area contributed by atoms with E-state index in [-0.39, 0.29) is 18.2 Å². The van der Waals surface area contributed by atoms with Crippen molar-refractivity contribution in [2.75, 3.05) is 0 Å². The van der Waals surface area contributed by atoms with Crippen molar-refractivity contribution in [2.45, 2.75) is 58.0 Å². The average molecular weight is 357 g/mol. The molecule has 0 aromatic carbocycles. The number of halogens is 1. The van der Waals surface area contributed by atoms with E-state index in [4.69, 9.17) is 9.47 Å². The molecular weight excluding hydrogens is 336 g/mol. The van der Waals surface area contributed by atoms with Crippen molar-refractivity contribution in [3.63, 3.8) is 0 Å². The zero-order valence-electron chi connectivity index (χ0n) is 12.6. The largest absolute Gasteiger partial charge is 0.444 e. The summed E-state index contributed by atoms with van der Waals surface area (Å²) in [4.78, 5) is 15.9. The van der Waals surface area contributed by atoms with E-state index in [2.05, 4.69) is 26.2 Å². The van der Waals surface area contributed by atoms with Gasteiger partial charge in [0.25, 0.3) is 0 Å². The SMILES string of the molecule is CC(C)(C)OC(=O)NC1CC(OCc2cccc(Br)n2)C1. The normalized spacial score (nSPS) is 21.5. The monoisotopic (exact) mass is 356 g/mol. The Morgan fingerprint density at radius 2 is 2.14 bits per heavy atom. The number of ether oxygens (including phenoxy) is 2. The number of rotatable bonds is 4. The van der Waals surface area contributed by atoms with Gasteiger partial charge in [0.05, 0.1) is 18.4 Å². The van der Waals surface area contributed by atoms with Crippen molar-refractivity contribution in [2.24, 2.45) is 0 Å². The molecule has 0 aliphatic heterocycles. The van der Waals surface area contributed by atoms with Gasteiger partial charge in [-0.3, -0.25) is 0 Å². The van der Waals surface area contributed by atoms with Gasteiger partial charge in [-0.2, -0.15) is 0 Å². The number of alkyl carbamates (subject to hydrolysis) is 1. The molecule has 1 N–H and O–H groups in total. The lowest BCUT2D eigenvalue weighted by molar-refractivity contribution is -0.0302. The van der Waals surface area contributed by atoms with Gasteiger partial charge in [-0.05, 0) is 61.7 Å². The van der Waals surface area contributed by atoms with Gasteiger partial charge >= 0.3 is 6.09 Å². The number of hydrogen-bond acceptors (Lipinski definition) is 4. The molecule has 1 amide bonds. The molecule has 0 saturated heterocycles. The van der Waals surface area contributed by atoms with Gasteiger partial charge in [0.2, 0.25) is 0 Å². The first-order chi connectivity index (χ1) is 9.82. The van der Waals surface area contributed by atoms with Crippen molar-refractivity contribution in [1.82, 2.24) is 10.3 Å². The third-order valence-corrected chi connectivity index (χ3v) is 3.50. The predicted octanol–water partition coefficient (Wildman–Crippen LogP) is 3.42. The van der Waals surface area contributed by atoms with E-state index in [0.29, 0.717) is 6.61 Å². The number of carbonyl (C=O) groups is 1. The number of amides is 1. The fourth-order valence-electron chi connectivity index (χ4n) is 2.03. The van der Waals surface area contributed by atoms with Gasteiger partial charge in [-0.25, -0.2) is 9.78 Å². The maximum Gasteiger partial charge on any atom is 0.407 e. The van der Waals surface area contributed by atoms with Crippen LogP contribution < -0.4 is 5.32 Å². The van der Waals surface area contributed by atoms with E-state index >= 15 is 0 Å². The van der Waals surface area contributed by atoms with Crippen LogP contribution in [0, 0.1) is 0 Å².